The SMILES string of the molecule is Cc1ccc(Oc2ccc(P(=O)(O)O)cc2)cc1. The van der Waals surface area contributed by atoms with E-state index in [0.29, 0.717) is 11.5 Å². The van der Waals surface area contributed by atoms with E-state index in [2.05, 4.69) is 0 Å². The molecule has 0 bridgehead atoms. The van der Waals surface area contributed by atoms with Gasteiger partial charge in [0.15, 0.2) is 0 Å². The van der Waals surface area contributed by atoms with Gasteiger partial charge >= 0.3 is 7.60 Å². The minimum atomic E-state index is -4.18. The molecule has 0 aliphatic rings. The maximum atomic E-state index is 11.0. The Hall–Kier alpha value is -1.61. The van der Waals surface area contributed by atoms with Gasteiger partial charge < -0.3 is 14.5 Å². The third-order valence-electron chi connectivity index (χ3n) is 2.43. The molecule has 2 aromatic carbocycles. The minimum absolute atomic E-state index is 0.0150. The van der Waals surface area contributed by atoms with Crippen LogP contribution in [0.3, 0.4) is 0 Å². The summed E-state index contributed by atoms with van der Waals surface area (Å²) in [6.45, 7) is 1.98. The van der Waals surface area contributed by atoms with Gasteiger partial charge in [0.1, 0.15) is 11.5 Å². The van der Waals surface area contributed by atoms with Crippen LogP contribution >= 0.6 is 7.60 Å². The van der Waals surface area contributed by atoms with E-state index >= 15 is 0 Å². The topological polar surface area (TPSA) is 66.8 Å². The molecule has 0 saturated heterocycles. The Morgan fingerprint density at radius 3 is 1.78 bits per heavy atom. The molecule has 0 heterocycles. The fourth-order valence-electron chi connectivity index (χ4n) is 1.45. The molecule has 2 rings (SSSR count). The molecule has 0 amide bonds. The average Bonchev–Trinajstić information content (AvgIpc) is 2.32. The first-order valence-corrected chi connectivity index (χ1v) is 6.97. The Morgan fingerprint density at radius 1 is 0.889 bits per heavy atom. The predicted molar refractivity (Wildman–Crippen MR) is 69.4 cm³/mol. The maximum absolute atomic E-state index is 11.0. The number of hydrogen-bond donors (Lipinski definition) is 2. The van der Waals surface area contributed by atoms with Gasteiger partial charge in [-0.25, -0.2) is 0 Å². The molecule has 0 aliphatic heterocycles. The molecule has 0 atom stereocenters. The van der Waals surface area contributed by atoms with Crippen LogP contribution in [0, 0.1) is 6.92 Å². The molecule has 5 heteroatoms. The second-order valence-corrected chi connectivity index (χ2v) is 5.56. The quantitative estimate of drug-likeness (QED) is 0.836. The number of ether oxygens (including phenoxy) is 1. The number of aryl methyl sites for hydroxylation is 1. The Kier molecular flexibility index (Phi) is 3.53. The second-order valence-electron chi connectivity index (χ2n) is 3.95. The van der Waals surface area contributed by atoms with Gasteiger partial charge in [0.05, 0.1) is 5.30 Å². The zero-order valence-corrected chi connectivity index (χ0v) is 10.7. The summed E-state index contributed by atoms with van der Waals surface area (Å²) in [5.74, 6) is 1.22. The van der Waals surface area contributed by atoms with Crippen LogP contribution in [0.4, 0.5) is 0 Å². The Balaban J connectivity index is 2.16. The predicted octanol–water partition coefficient (Wildman–Crippen LogP) is 2.59. The zero-order valence-electron chi connectivity index (χ0n) is 9.78. The second kappa shape index (κ2) is 4.94. The maximum Gasteiger partial charge on any atom is 0.356 e. The Morgan fingerprint density at radius 2 is 1.33 bits per heavy atom. The van der Waals surface area contributed by atoms with E-state index in [-0.39, 0.29) is 5.30 Å². The summed E-state index contributed by atoms with van der Waals surface area (Å²) in [5.41, 5.74) is 1.14. The van der Waals surface area contributed by atoms with Crippen molar-refractivity contribution in [1.29, 1.82) is 0 Å². The summed E-state index contributed by atoms with van der Waals surface area (Å²) in [5, 5.41) is -0.0150. The number of benzene rings is 2. The molecule has 0 radical (unpaired) electrons. The first-order valence-electron chi connectivity index (χ1n) is 5.36. The van der Waals surface area contributed by atoms with Crippen LogP contribution in [-0.2, 0) is 4.57 Å². The van der Waals surface area contributed by atoms with Crippen LogP contribution in [0.15, 0.2) is 48.5 Å². The molecule has 2 aromatic rings. The Labute approximate surface area is 105 Å². The van der Waals surface area contributed by atoms with Crippen LogP contribution in [0.5, 0.6) is 11.5 Å². The normalized spacial score (nSPS) is 11.3. The lowest BCUT2D eigenvalue weighted by molar-refractivity contribution is 0.387. The van der Waals surface area contributed by atoms with Crippen molar-refractivity contribution in [3.63, 3.8) is 0 Å². The molecule has 0 aliphatic carbocycles. The third kappa shape index (κ3) is 3.20. The van der Waals surface area contributed by atoms with Crippen molar-refractivity contribution < 1.29 is 19.1 Å². The van der Waals surface area contributed by atoms with Gasteiger partial charge in [-0.15, -0.1) is 0 Å². The summed E-state index contributed by atoms with van der Waals surface area (Å²) in [4.78, 5) is 17.9. The zero-order chi connectivity index (χ0) is 13.2. The third-order valence-corrected chi connectivity index (χ3v) is 3.40. The standard InChI is InChI=1S/C13H13O4P/c1-10-2-4-11(5-3-10)17-12-6-8-13(9-7-12)18(14,15)16/h2-9H,1H3,(H2,14,15,16). The van der Waals surface area contributed by atoms with Crippen LogP contribution in [0.25, 0.3) is 0 Å². The van der Waals surface area contributed by atoms with Gasteiger partial charge in [-0.1, -0.05) is 17.7 Å². The number of hydrogen-bond acceptors (Lipinski definition) is 2. The van der Waals surface area contributed by atoms with Crippen molar-refractivity contribution >= 4 is 12.9 Å². The molecule has 18 heavy (non-hydrogen) atoms. The monoisotopic (exact) mass is 264 g/mol. The van der Waals surface area contributed by atoms with E-state index in [9.17, 15) is 4.57 Å². The lowest BCUT2D eigenvalue weighted by Gasteiger charge is -2.07. The highest BCUT2D eigenvalue weighted by molar-refractivity contribution is 7.60. The van der Waals surface area contributed by atoms with Crippen molar-refractivity contribution in [3.8, 4) is 11.5 Å². The van der Waals surface area contributed by atoms with Crippen molar-refractivity contribution in [1.82, 2.24) is 0 Å². The summed E-state index contributed by atoms with van der Waals surface area (Å²) < 4.78 is 16.5. The lowest BCUT2D eigenvalue weighted by atomic mass is 10.2. The van der Waals surface area contributed by atoms with Gasteiger partial charge in [-0.2, -0.15) is 0 Å². The highest BCUT2D eigenvalue weighted by Gasteiger charge is 2.16. The largest absolute Gasteiger partial charge is 0.457 e. The first kappa shape index (κ1) is 12.8. The smallest absolute Gasteiger partial charge is 0.356 e. The molecular formula is C13H13O4P. The lowest BCUT2D eigenvalue weighted by Crippen LogP contribution is -2.02. The summed E-state index contributed by atoms with van der Waals surface area (Å²) in [7, 11) is -4.18. The Bertz CT molecular complexity index is 569. The first-order chi connectivity index (χ1) is 8.45. The molecule has 0 spiro atoms. The van der Waals surface area contributed by atoms with Gasteiger partial charge in [-0.05, 0) is 43.3 Å². The summed E-state index contributed by atoms with van der Waals surface area (Å²) in [6.07, 6.45) is 0. The molecule has 0 fully saturated rings. The van der Waals surface area contributed by atoms with E-state index < -0.39 is 7.60 Å². The van der Waals surface area contributed by atoms with E-state index in [1.165, 1.54) is 24.3 Å². The highest BCUT2D eigenvalue weighted by Crippen LogP contribution is 2.33. The molecule has 4 nitrogen and oxygen atoms in total. The van der Waals surface area contributed by atoms with Crippen molar-refractivity contribution in [2.45, 2.75) is 6.92 Å². The van der Waals surface area contributed by atoms with E-state index in [1.807, 2.05) is 31.2 Å². The van der Waals surface area contributed by atoms with Gasteiger partial charge in [-0.3, -0.25) is 4.57 Å². The molecular weight excluding hydrogens is 251 g/mol. The average molecular weight is 264 g/mol. The van der Waals surface area contributed by atoms with Crippen molar-refractivity contribution in [3.05, 3.63) is 54.1 Å². The van der Waals surface area contributed by atoms with Gasteiger partial charge in [0, 0.05) is 0 Å². The van der Waals surface area contributed by atoms with Crippen LogP contribution in [-0.4, -0.2) is 9.79 Å². The van der Waals surface area contributed by atoms with Crippen LogP contribution < -0.4 is 10.0 Å². The fourth-order valence-corrected chi connectivity index (χ4v) is 1.99. The molecule has 0 aromatic heterocycles. The molecule has 0 unspecified atom stereocenters. The van der Waals surface area contributed by atoms with Crippen molar-refractivity contribution in [2.75, 3.05) is 0 Å². The summed E-state index contributed by atoms with van der Waals surface area (Å²) >= 11 is 0. The fraction of sp³-hybridized carbons (Fsp3) is 0.0769. The van der Waals surface area contributed by atoms with Crippen molar-refractivity contribution in [2.24, 2.45) is 0 Å². The van der Waals surface area contributed by atoms with E-state index in [4.69, 9.17) is 14.5 Å². The highest BCUT2D eigenvalue weighted by atomic mass is 31.2. The van der Waals surface area contributed by atoms with E-state index in [0.717, 1.165) is 5.56 Å². The van der Waals surface area contributed by atoms with Gasteiger partial charge in [0.25, 0.3) is 0 Å². The summed E-state index contributed by atoms with van der Waals surface area (Å²) in [6, 6.07) is 13.3. The van der Waals surface area contributed by atoms with Gasteiger partial charge in [0.2, 0.25) is 0 Å². The van der Waals surface area contributed by atoms with Crippen LogP contribution in [0.1, 0.15) is 5.56 Å². The minimum Gasteiger partial charge on any atom is -0.457 e. The number of rotatable bonds is 3. The molecule has 2 N–H and O–H groups in total. The molecule has 94 valence electrons. The molecule has 0 saturated carbocycles. The van der Waals surface area contributed by atoms with E-state index in [1.54, 1.807) is 0 Å². The van der Waals surface area contributed by atoms with Crippen LogP contribution in [0.2, 0.25) is 0 Å².